The minimum absolute atomic E-state index is 0.149. The second kappa shape index (κ2) is 4.84. The van der Waals surface area contributed by atoms with Gasteiger partial charge in [-0.2, -0.15) is 0 Å². The molecule has 1 aromatic carbocycles. The molecule has 7 nitrogen and oxygen atoms in total. The third kappa shape index (κ3) is 2.16. The molecule has 1 N–H and O–H groups in total. The smallest absolute Gasteiger partial charge is 0.311 e. The summed E-state index contributed by atoms with van der Waals surface area (Å²) in [6.45, 7) is -0.273. The van der Waals surface area contributed by atoms with Crippen molar-refractivity contribution in [2.45, 2.75) is 6.61 Å². The third-order valence-corrected chi connectivity index (χ3v) is 2.39. The summed E-state index contributed by atoms with van der Waals surface area (Å²) in [7, 11) is 1.36. The standard InChI is InChI=1S/C11H10N2O5/c1-17-11-3-2-7(4-10(11)13(15)16)9-5-8(6-14)18-12-9/h2-5,14H,6H2,1H3. The molecule has 1 heterocycles. The van der Waals surface area contributed by atoms with E-state index in [2.05, 4.69) is 5.16 Å². The average molecular weight is 250 g/mol. The number of methoxy groups -OCH3 is 1. The van der Waals surface area contributed by atoms with Crippen molar-refractivity contribution in [3.05, 3.63) is 40.1 Å². The Morgan fingerprint density at radius 3 is 2.83 bits per heavy atom. The molecule has 18 heavy (non-hydrogen) atoms. The molecule has 0 saturated carbocycles. The fourth-order valence-electron chi connectivity index (χ4n) is 1.52. The summed E-state index contributed by atoms with van der Waals surface area (Å²) in [5.74, 6) is 0.470. The Kier molecular flexibility index (Phi) is 3.24. The highest BCUT2D eigenvalue weighted by atomic mass is 16.6. The second-order valence-corrected chi connectivity index (χ2v) is 3.48. The van der Waals surface area contributed by atoms with E-state index in [9.17, 15) is 10.1 Å². The van der Waals surface area contributed by atoms with E-state index in [4.69, 9.17) is 14.4 Å². The molecule has 0 radical (unpaired) electrons. The van der Waals surface area contributed by atoms with E-state index in [1.54, 1.807) is 6.07 Å². The van der Waals surface area contributed by atoms with E-state index < -0.39 is 4.92 Å². The molecule has 0 amide bonds. The van der Waals surface area contributed by atoms with Crippen molar-refractivity contribution in [1.82, 2.24) is 5.16 Å². The Morgan fingerprint density at radius 1 is 1.50 bits per heavy atom. The van der Waals surface area contributed by atoms with Crippen molar-refractivity contribution in [2.75, 3.05) is 7.11 Å². The van der Waals surface area contributed by atoms with E-state index in [0.717, 1.165) is 0 Å². The van der Waals surface area contributed by atoms with Crippen LogP contribution in [0, 0.1) is 10.1 Å². The number of nitro groups is 1. The predicted molar refractivity (Wildman–Crippen MR) is 61.1 cm³/mol. The summed E-state index contributed by atoms with van der Waals surface area (Å²) in [5.41, 5.74) is 0.791. The number of hydrogen-bond acceptors (Lipinski definition) is 6. The molecular weight excluding hydrogens is 240 g/mol. The molecule has 2 rings (SSSR count). The molecular formula is C11H10N2O5. The molecule has 0 aliphatic heterocycles. The van der Waals surface area contributed by atoms with Crippen LogP contribution in [0.1, 0.15) is 5.76 Å². The molecule has 0 fully saturated rings. The number of aromatic nitrogens is 1. The molecule has 1 aromatic heterocycles. The molecule has 0 saturated heterocycles. The van der Waals surface area contributed by atoms with Crippen LogP contribution in [0.25, 0.3) is 11.3 Å². The lowest BCUT2D eigenvalue weighted by atomic mass is 10.1. The van der Waals surface area contributed by atoms with Gasteiger partial charge >= 0.3 is 5.69 Å². The zero-order valence-corrected chi connectivity index (χ0v) is 9.49. The zero-order valence-electron chi connectivity index (χ0n) is 9.49. The number of nitro benzene ring substituents is 1. The Bertz CT molecular complexity index is 579. The monoisotopic (exact) mass is 250 g/mol. The van der Waals surface area contributed by atoms with Crippen LogP contribution in [0.4, 0.5) is 5.69 Å². The van der Waals surface area contributed by atoms with E-state index in [1.807, 2.05) is 0 Å². The van der Waals surface area contributed by atoms with Crippen molar-refractivity contribution in [3.8, 4) is 17.0 Å². The van der Waals surface area contributed by atoms with Gasteiger partial charge in [0.25, 0.3) is 0 Å². The van der Waals surface area contributed by atoms with Gasteiger partial charge in [-0.3, -0.25) is 10.1 Å². The van der Waals surface area contributed by atoms with Gasteiger partial charge in [-0.1, -0.05) is 5.16 Å². The quantitative estimate of drug-likeness (QED) is 0.655. The van der Waals surface area contributed by atoms with Gasteiger partial charge in [0.2, 0.25) is 0 Å². The van der Waals surface area contributed by atoms with Crippen molar-refractivity contribution in [1.29, 1.82) is 0 Å². The number of aliphatic hydroxyl groups excluding tert-OH is 1. The maximum atomic E-state index is 10.9. The minimum atomic E-state index is -0.532. The van der Waals surface area contributed by atoms with Crippen molar-refractivity contribution in [3.63, 3.8) is 0 Å². The topological polar surface area (TPSA) is 98.6 Å². The predicted octanol–water partition coefficient (Wildman–Crippen LogP) is 1.75. The van der Waals surface area contributed by atoms with E-state index in [-0.39, 0.29) is 18.0 Å². The summed E-state index contributed by atoms with van der Waals surface area (Å²) < 4.78 is 9.72. The molecule has 0 aliphatic rings. The van der Waals surface area contributed by atoms with Crippen molar-refractivity contribution in [2.24, 2.45) is 0 Å². The highest BCUT2D eigenvalue weighted by molar-refractivity contribution is 5.65. The molecule has 0 unspecified atom stereocenters. The molecule has 2 aromatic rings. The molecule has 94 valence electrons. The summed E-state index contributed by atoms with van der Waals surface area (Å²) >= 11 is 0. The summed E-state index contributed by atoms with van der Waals surface area (Å²) in [5, 5.41) is 23.4. The molecule has 0 atom stereocenters. The fraction of sp³-hybridized carbons (Fsp3) is 0.182. The van der Waals surface area contributed by atoms with Crippen LogP contribution in [-0.4, -0.2) is 22.3 Å². The van der Waals surface area contributed by atoms with Crippen LogP contribution in [0.2, 0.25) is 0 Å². The Balaban J connectivity index is 2.46. The molecule has 0 bridgehead atoms. The maximum Gasteiger partial charge on any atom is 0.311 e. The summed E-state index contributed by atoms with van der Waals surface area (Å²) in [4.78, 5) is 10.3. The Morgan fingerprint density at radius 2 is 2.28 bits per heavy atom. The van der Waals surface area contributed by atoms with Gasteiger partial charge in [-0.25, -0.2) is 0 Å². The van der Waals surface area contributed by atoms with E-state index in [0.29, 0.717) is 17.0 Å². The molecule has 0 spiro atoms. The minimum Gasteiger partial charge on any atom is -0.490 e. The van der Waals surface area contributed by atoms with Crippen LogP contribution in [0.15, 0.2) is 28.8 Å². The lowest BCUT2D eigenvalue weighted by Gasteiger charge is -2.02. The van der Waals surface area contributed by atoms with Gasteiger partial charge in [0.05, 0.1) is 12.0 Å². The first-order valence-corrected chi connectivity index (χ1v) is 5.05. The second-order valence-electron chi connectivity index (χ2n) is 3.48. The third-order valence-electron chi connectivity index (χ3n) is 2.39. The Labute approximate surface area is 102 Å². The number of benzene rings is 1. The van der Waals surface area contributed by atoms with Gasteiger partial charge in [0.1, 0.15) is 12.3 Å². The van der Waals surface area contributed by atoms with Crippen LogP contribution in [-0.2, 0) is 6.61 Å². The van der Waals surface area contributed by atoms with Gasteiger partial charge < -0.3 is 14.4 Å². The van der Waals surface area contributed by atoms with Gasteiger partial charge in [0.15, 0.2) is 11.5 Å². The van der Waals surface area contributed by atoms with Gasteiger partial charge in [-0.05, 0) is 12.1 Å². The first-order chi connectivity index (χ1) is 8.65. The summed E-state index contributed by atoms with van der Waals surface area (Å²) in [6.07, 6.45) is 0. The maximum absolute atomic E-state index is 10.9. The first kappa shape index (κ1) is 12.1. The highest BCUT2D eigenvalue weighted by Crippen LogP contribution is 2.31. The van der Waals surface area contributed by atoms with E-state index >= 15 is 0 Å². The number of nitrogens with zero attached hydrogens (tertiary/aromatic N) is 2. The van der Waals surface area contributed by atoms with Crippen molar-refractivity contribution < 1.29 is 19.3 Å². The van der Waals surface area contributed by atoms with E-state index in [1.165, 1.54) is 25.3 Å². The lowest BCUT2D eigenvalue weighted by molar-refractivity contribution is -0.385. The number of rotatable bonds is 4. The number of hydrogen-bond donors (Lipinski definition) is 1. The van der Waals surface area contributed by atoms with Crippen LogP contribution in [0.5, 0.6) is 5.75 Å². The van der Waals surface area contributed by atoms with Crippen LogP contribution >= 0.6 is 0 Å². The molecule has 7 heteroatoms. The van der Waals surface area contributed by atoms with Crippen molar-refractivity contribution >= 4 is 5.69 Å². The van der Waals surface area contributed by atoms with Gasteiger partial charge in [-0.15, -0.1) is 0 Å². The fourth-order valence-corrected chi connectivity index (χ4v) is 1.52. The summed E-state index contributed by atoms with van der Waals surface area (Å²) in [6, 6.07) is 5.98. The largest absolute Gasteiger partial charge is 0.490 e. The van der Waals surface area contributed by atoms with Crippen LogP contribution in [0.3, 0.4) is 0 Å². The highest BCUT2D eigenvalue weighted by Gasteiger charge is 2.17. The first-order valence-electron chi connectivity index (χ1n) is 5.05. The number of aliphatic hydroxyl groups is 1. The normalized spacial score (nSPS) is 10.3. The lowest BCUT2D eigenvalue weighted by Crippen LogP contribution is -1.94. The number of ether oxygens (including phenoxy) is 1. The molecule has 0 aliphatic carbocycles. The Hall–Kier alpha value is -2.41. The van der Waals surface area contributed by atoms with Crippen LogP contribution < -0.4 is 4.74 Å². The zero-order chi connectivity index (χ0) is 13.1. The average Bonchev–Trinajstić information content (AvgIpc) is 2.86. The van der Waals surface area contributed by atoms with Gasteiger partial charge in [0, 0.05) is 17.7 Å². The SMILES string of the molecule is COc1ccc(-c2cc(CO)on2)cc1[N+](=O)[O-].